The first-order valence-electron chi connectivity index (χ1n) is 8.84. The topological polar surface area (TPSA) is 97.1 Å². The minimum atomic E-state index is -0.847. The molecule has 0 bridgehead atoms. The van der Waals surface area contributed by atoms with Gasteiger partial charge in [0.05, 0.1) is 5.41 Å². The van der Waals surface area contributed by atoms with Crippen LogP contribution in [-0.2, 0) is 22.6 Å². The Morgan fingerprint density at radius 2 is 2.08 bits per heavy atom. The first-order valence-corrected chi connectivity index (χ1v) is 10.1. The fourth-order valence-electron chi connectivity index (χ4n) is 3.12. The minimum Gasteiger partial charge on any atom is -0.481 e. The Bertz CT molecular complexity index is 611. The van der Waals surface area contributed by atoms with Crippen LogP contribution in [0.1, 0.15) is 51.8 Å². The van der Waals surface area contributed by atoms with Gasteiger partial charge in [-0.15, -0.1) is 10.2 Å². The summed E-state index contributed by atoms with van der Waals surface area (Å²) < 4.78 is 2.14. The Balaban J connectivity index is 1.78. The van der Waals surface area contributed by atoms with Gasteiger partial charge in [-0.1, -0.05) is 32.0 Å². The number of nitrogens with zero attached hydrogens (tertiary/aromatic N) is 3. The molecule has 8 heteroatoms. The predicted molar refractivity (Wildman–Crippen MR) is 96.5 cm³/mol. The molecule has 1 aliphatic rings. The molecule has 0 aromatic carbocycles. The molecule has 1 heterocycles. The molecule has 2 N–H and O–H groups in total. The number of hydrogen-bond acceptors (Lipinski definition) is 5. The second-order valence-electron chi connectivity index (χ2n) is 7.18. The maximum Gasteiger partial charge on any atom is 0.310 e. The van der Waals surface area contributed by atoms with Gasteiger partial charge in [-0.25, -0.2) is 0 Å². The largest absolute Gasteiger partial charge is 0.481 e. The minimum absolute atomic E-state index is 0.0858. The first kappa shape index (κ1) is 19.8. The lowest BCUT2D eigenvalue weighted by Crippen LogP contribution is -2.42. The van der Waals surface area contributed by atoms with Crippen LogP contribution in [0.3, 0.4) is 0 Å². The van der Waals surface area contributed by atoms with E-state index < -0.39 is 11.4 Å². The van der Waals surface area contributed by atoms with Crippen molar-refractivity contribution in [2.24, 2.45) is 11.3 Å². The van der Waals surface area contributed by atoms with Crippen LogP contribution in [0.2, 0.25) is 0 Å². The number of carbonyl (C=O) groups is 2. The standard InChI is InChI=1S/C17H28N4O3S/c1-12(2)11-21-13(19-20-16(21)25-3)6-4-9-18-14(22)10-17(15(23)24)7-5-8-17/h12H,4-11H2,1-3H3,(H,18,22)(H,23,24). The number of carbonyl (C=O) groups excluding carboxylic acids is 1. The normalized spacial score (nSPS) is 15.8. The Kier molecular flexibility index (Phi) is 6.87. The van der Waals surface area contributed by atoms with E-state index >= 15 is 0 Å². The molecular weight excluding hydrogens is 340 g/mol. The molecule has 1 aromatic heterocycles. The molecule has 25 heavy (non-hydrogen) atoms. The van der Waals surface area contributed by atoms with Crippen LogP contribution in [0.25, 0.3) is 0 Å². The van der Waals surface area contributed by atoms with Crippen LogP contribution in [0.4, 0.5) is 0 Å². The molecule has 0 spiro atoms. The molecule has 7 nitrogen and oxygen atoms in total. The summed E-state index contributed by atoms with van der Waals surface area (Å²) in [5.74, 6) is 0.430. The van der Waals surface area contributed by atoms with Crippen LogP contribution in [0.5, 0.6) is 0 Å². The van der Waals surface area contributed by atoms with Gasteiger partial charge in [0.25, 0.3) is 0 Å². The number of amides is 1. The number of thioether (sulfide) groups is 1. The van der Waals surface area contributed by atoms with Crippen LogP contribution in [0.15, 0.2) is 5.16 Å². The zero-order valence-corrected chi connectivity index (χ0v) is 16.1. The molecule has 1 aromatic rings. The molecule has 1 amide bonds. The molecule has 140 valence electrons. The van der Waals surface area contributed by atoms with E-state index in [1.54, 1.807) is 11.8 Å². The summed E-state index contributed by atoms with van der Waals surface area (Å²) in [6, 6.07) is 0. The number of aliphatic carboxylic acids is 1. The Morgan fingerprint density at radius 3 is 2.60 bits per heavy atom. The summed E-state index contributed by atoms with van der Waals surface area (Å²) in [5, 5.41) is 21.5. The fourth-order valence-corrected chi connectivity index (χ4v) is 3.64. The maximum absolute atomic E-state index is 12.0. The summed E-state index contributed by atoms with van der Waals surface area (Å²) >= 11 is 1.58. The predicted octanol–water partition coefficient (Wildman–Crippen LogP) is 2.35. The summed E-state index contributed by atoms with van der Waals surface area (Å²) in [5.41, 5.74) is -0.825. The van der Waals surface area contributed by atoms with Gasteiger partial charge in [0.15, 0.2) is 5.16 Å². The maximum atomic E-state index is 12.0. The third-order valence-corrected chi connectivity index (χ3v) is 5.35. The van der Waals surface area contributed by atoms with Crippen molar-refractivity contribution >= 4 is 23.6 Å². The molecule has 0 saturated heterocycles. The van der Waals surface area contributed by atoms with Crippen LogP contribution in [0, 0.1) is 11.3 Å². The third-order valence-electron chi connectivity index (χ3n) is 4.69. The van der Waals surface area contributed by atoms with Crippen molar-refractivity contribution in [1.82, 2.24) is 20.1 Å². The van der Waals surface area contributed by atoms with E-state index in [0.717, 1.165) is 36.8 Å². The van der Waals surface area contributed by atoms with E-state index in [1.807, 2.05) is 6.26 Å². The second-order valence-corrected chi connectivity index (χ2v) is 7.95. The molecule has 2 rings (SSSR count). The molecule has 0 radical (unpaired) electrons. The number of nitrogens with one attached hydrogen (secondary N) is 1. The van der Waals surface area contributed by atoms with Gasteiger partial charge in [0, 0.05) is 25.9 Å². The van der Waals surface area contributed by atoms with Crippen LogP contribution in [-0.4, -0.2) is 44.5 Å². The molecule has 1 aliphatic carbocycles. The third kappa shape index (κ3) is 4.96. The zero-order valence-electron chi connectivity index (χ0n) is 15.2. The Hall–Kier alpha value is -1.57. The lowest BCUT2D eigenvalue weighted by Gasteiger charge is -2.36. The van der Waals surface area contributed by atoms with Gasteiger partial charge in [-0.05, 0) is 31.4 Å². The quantitative estimate of drug-likeness (QED) is 0.486. The highest BCUT2D eigenvalue weighted by Gasteiger charge is 2.45. The molecule has 1 saturated carbocycles. The molecule has 0 atom stereocenters. The van der Waals surface area contributed by atoms with Crippen molar-refractivity contribution in [3.05, 3.63) is 5.82 Å². The highest BCUT2D eigenvalue weighted by atomic mass is 32.2. The SMILES string of the molecule is CSc1nnc(CCCNC(=O)CC2(C(=O)O)CCC2)n1CC(C)C. The van der Waals surface area contributed by atoms with E-state index in [9.17, 15) is 14.7 Å². The number of hydrogen-bond donors (Lipinski definition) is 2. The lowest BCUT2D eigenvalue weighted by molar-refractivity contribution is -0.157. The Labute approximate surface area is 153 Å². The van der Waals surface area contributed by atoms with Crippen molar-refractivity contribution in [3.8, 4) is 0 Å². The summed E-state index contributed by atoms with van der Waals surface area (Å²) in [6.07, 6.45) is 5.67. The highest BCUT2D eigenvalue weighted by Crippen LogP contribution is 2.44. The van der Waals surface area contributed by atoms with Crippen molar-refractivity contribution in [1.29, 1.82) is 0 Å². The van der Waals surface area contributed by atoms with Gasteiger partial charge in [0.2, 0.25) is 5.91 Å². The van der Waals surface area contributed by atoms with Crippen LogP contribution >= 0.6 is 11.8 Å². The van der Waals surface area contributed by atoms with E-state index in [1.165, 1.54) is 0 Å². The number of aromatic nitrogens is 3. The van der Waals surface area contributed by atoms with E-state index in [4.69, 9.17) is 0 Å². The van der Waals surface area contributed by atoms with Gasteiger partial charge < -0.3 is 15.0 Å². The summed E-state index contributed by atoms with van der Waals surface area (Å²) in [7, 11) is 0. The molecule has 1 fully saturated rings. The van der Waals surface area contributed by atoms with Gasteiger partial charge in [-0.2, -0.15) is 0 Å². The monoisotopic (exact) mass is 368 g/mol. The smallest absolute Gasteiger partial charge is 0.310 e. The van der Waals surface area contributed by atoms with Crippen molar-refractivity contribution in [3.63, 3.8) is 0 Å². The zero-order chi connectivity index (χ0) is 18.4. The van der Waals surface area contributed by atoms with Gasteiger partial charge >= 0.3 is 5.97 Å². The van der Waals surface area contributed by atoms with E-state index in [-0.39, 0.29) is 12.3 Å². The second kappa shape index (κ2) is 8.69. The lowest BCUT2D eigenvalue weighted by atomic mass is 9.66. The van der Waals surface area contributed by atoms with Crippen molar-refractivity contribution in [2.75, 3.05) is 12.8 Å². The number of carboxylic acids is 1. The van der Waals surface area contributed by atoms with E-state index in [2.05, 4.69) is 33.9 Å². The molecule has 0 unspecified atom stereocenters. The van der Waals surface area contributed by atoms with Crippen molar-refractivity contribution in [2.45, 2.75) is 64.1 Å². The molecular formula is C17H28N4O3S. The Morgan fingerprint density at radius 1 is 1.36 bits per heavy atom. The summed E-state index contributed by atoms with van der Waals surface area (Å²) in [4.78, 5) is 23.3. The van der Waals surface area contributed by atoms with E-state index in [0.29, 0.717) is 25.3 Å². The number of rotatable bonds is 10. The fraction of sp³-hybridized carbons (Fsp3) is 0.765. The highest BCUT2D eigenvalue weighted by molar-refractivity contribution is 7.98. The number of aryl methyl sites for hydroxylation is 1. The average Bonchev–Trinajstić information content (AvgIpc) is 2.88. The van der Waals surface area contributed by atoms with Gasteiger partial charge in [0.1, 0.15) is 5.82 Å². The molecule has 0 aliphatic heterocycles. The number of carboxylic acid groups (broad SMARTS) is 1. The van der Waals surface area contributed by atoms with Crippen LogP contribution < -0.4 is 5.32 Å². The first-order chi connectivity index (χ1) is 11.9. The summed E-state index contributed by atoms with van der Waals surface area (Å²) in [6.45, 7) is 5.73. The van der Waals surface area contributed by atoms with Crippen molar-refractivity contribution < 1.29 is 14.7 Å². The average molecular weight is 369 g/mol. The van der Waals surface area contributed by atoms with Gasteiger partial charge in [-0.3, -0.25) is 9.59 Å².